The molecule has 2 N–H and O–H groups in total. The average molecular weight is 323 g/mol. The van der Waals surface area contributed by atoms with E-state index < -0.39 is 17.8 Å². The van der Waals surface area contributed by atoms with Crippen molar-refractivity contribution in [2.75, 3.05) is 6.61 Å². The number of carbonyl (C=O) groups excluding carboxylic acids is 3. The number of unbranched alkanes of at least 4 members (excludes halogenated alkanes) is 1. The van der Waals surface area contributed by atoms with Crippen molar-refractivity contribution < 1.29 is 19.1 Å². The maximum absolute atomic E-state index is 11.7. The predicted octanol–water partition coefficient (Wildman–Crippen LogP) is 2.27. The van der Waals surface area contributed by atoms with Crippen molar-refractivity contribution in [2.24, 2.45) is 0 Å². The van der Waals surface area contributed by atoms with Crippen LogP contribution in [0.5, 0.6) is 5.75 Å². The fraction of sp³-hybridized carbons (Fsp3) is 0.267. The van der Waals surface area contributed by atoms with Crippen LogP contribution < -0.4 is 15.4 Å². The van der Waals surface area contributed by atoms with E-state index in [9.17, 15) is 14.4 Å². The van der Waals surface area contributed by atoms with E-state index in [2.05, 4.69) is 0 Å². The Morgan fingerprint density at radius 3 is 2.50 bits per heavy atom. The number of hydrogen-bond acceptors (Lipinski definition) is 4. The Balaban J connectivity index is 2.32. The molecule has 1 aliphatic heterocycles. The molecule has 4 amide bonds. The molecule has 0 bridgehead atoms. The van der Waals surface area contributed by atoms with Gasteiger partial charge in [0, 0.05) is 10.6 Å². The van der Waals surface area contributed by atoms with E-state index in [1.165, 1.54) is 6.08 Å². The lowest BCUT2D eigenvalue weighted by atomic mass is 10.1. The van der Waals surface area contributed by atoms with Gasteiger partial charge in [0.15, 0.2) is 0 Å². The van der Waals surface area contributed by atoms with Crippen LogP contribution in [0.25, 0.3) is 6.08 Å². The number of ether oxygens (including phenoxy) is 1. The number of barbiturate groups is 1. The summed E-state index contributed by atoms with van der Waals surface area (Å²) in [6.07, 6.45) is 3.22. The number of nitrogens with one attached hydrogen (secondary N) is 2. The minimum Gasteiger partial charge on any atom is -0.493 e. The van der Waals surface area contributed by atoms with E-state index in [1.807, 2.05) is 17.6 Å². The number of hydrogen-bond donors (Lipinski definition) is 2. The Labute approximate surface area is 132 Å². The van der Waals surface area contributed by atoms with Crippen molar-refractivity contribution in [3.8, 4) is 5.75 Å². The Morgan fingerprint density at radius 2 is 1.86 bits per heavy atom. The molecule has 2 rings (SSSR count). The van der Waals surface area contributed by atoms with Gasteiger partial charge in [0.1, 0.15) is 11.3 Å². The highest BCUT2D eigenvalue weighted by Gasteiger charge is 2.28. The van der Waals surface area contributed by atoms with E-state index >= 15 is 0 Å². The minimum atomic E-state index is -0.835. The molecule has 0 aliphatic carbocycles. The topological polar surface area (TPSA) is 84.5 Å². The van der Waals surface area contributed by atoms with Gasteiger partial charge >= 0.3 is 6.03 Å². The van der Waals surface area contributed by atoms with Crippen LogP contribution in [-0.2, 0) is 9.59 Å². The molecule has 1 saturated heterocycles. The van der Waals surface area contributed by atoms with Gasteiger partial charge in [-0.3, -0.25) is 20.2 Å². The zero-order valence-corrected chi connectivity index (χ0v) is 12.7. The quantitative estimate of drug-likeness (QED) is 0.495. The highest BCUT2D eigenvalue weighted by atomic mass is 35.5. The van der Waals surface area contributed by atoms with Crippen molar-refractivity contribution in [1.29, 1.82) is 0 Å². The molecule has 7 heteroatoms. The predicted molar refractivity (Wildman–Crippen MR) is 81.5 cm³/mol. The second-order valence-electron chi connectivity index (χ2n) is 4.68. The number of carbonyl (C=O) groups is 3. The Kier molecular flexibility index (Phi) is 5.16. The maximum Gasteiger partial charge on any atom is 0.328 e. The van der Waals surface area contributed by atoms with Crippen LogP contribution in [0.3, 0.4) is 0 Å². The molecular formula is C15H15ClN2O4. The third-order valence-corrected chi connectivity index (χ3v) is 3.21. The summed E-state index contributed by atoms with van der Waals surface area (Å²) in [5, 5.41) is 4.48. The standard InChI is InChI=1S/C15H15ClN2O4/c1-2-3-6-22-12-5-4-10(16)7-9(12)8-11-13(19)17-15(21)18-14(11)20/h4-5,7-8H,2-3,6H2,1H3,(H2,17,18,19,20,21). The van der Waals surface area contributed by atoms with Gasteiger partial charge in [-0.1, -0.05) is 24.9 Å². The molecule has 1 aliphatic rings. The maximum atomic E-state index is 11.7. The highest BCUT2D eigenvalue weighted by Crippen LogP contribution is 2.26. The second kappa shape index (κ2) is 7.09. The third-order valence-electron chi connectivity index (χ3n) is 2.97. The van der Waals surface area contributed by atoms with Crippen molar-refractivity contribution in [3.05, 3.63) is 34.4 Å². The Morgan fingerprint density at radius 1 is 1.18 bits per heavy atom. The minimum absolute atomic E-state index is 0.179. The van der Waals surface area contributed by atoms with E-state index in [1.54, 1.807) is 18.2 Å². The molecule has 116 valence electrons. The van der Waals surface area contributed by atoms with Crippen LogP contribution in [-0.4, -0.2) is 24.5 Å². The first kappa shape index (κ1) is 16.0. The van der Waals surface area contributed by atoms with Gasteiger partial charge in [-0.15, -0.1) is 0 Å². The first-order chi connectivity index (χ1) is 10.5. The summed E-state index contributed by atoms with van der Waals surface area (Å²) in [6, 6.07) is 4.09. The molecule has 0 saturated carbocycles. The van der Waals surface area contributed by atoms with Crippen LogP contribution in [0.4, 0.5) is 4.79 Å². The van der Waals surface area contributed by atoms with E-state index in [0.717, 1.165) is 12.8 Å². The van der Waals surface area contributed by atoms with Crippen LogP contribution in [0, 0.1) is 0 Å². The third kappa shape index (κ3) is 3.85. The monoisotopic (exact) mass is 322 g/mol. The molecule has 1 heterocycles. The largest absolute Gasteiger partial charge is 0.493 e. The van der Waals surface area contributed by atoms with Crippen LogP contribution >= 0.6 is 11.6 Å². The normalized spacial score (nSPS) is 14.5. The molecule has 0 atom stereocenters. The fourth-order valence-electron chi connectivity index (χ4n) is 1.85. The molecule has 1 fully saturated rings. The zero-order valence-electron chi connectivity index (χ0n) is 11.9. The second-order valence-corrected chi connectivity index (χ2v) is 5.12. The van der Waals surface area contributed by atoms with Crippen LogP contribution in [0.15, 0.2) is 23.8 Å². The van der Waals surface area contributed by atoms with Gasteiger partial charge in [-0.2, -0.15) is 0 Å². The van der Waals surface area contributed by atoms with Gasteiger partial charge in [0.25, 0.3) is 11.8 Å². The molecule has 0 aromatic heterocycles. The van der Waals surface area contributed by atoms with E-state index in [-0.39, 0.29) is 5.57 Å². The lowest BCUT2D eigenvalue weighted by molar-refractivity contribution is -0.123. The highest BCUT2D eigenvalue weighted by molar-refractivity contribution is 6.32. The summed E-state index contributed by atoms with van der Waals surface area (Å²) < 4.78 is 5.63. The molecule has 0 spiro atoms. The molecule has 0 radical (unpaired) electrons. The summed E-state index contributed by atoms with van der Waals surface area (Å²) in [4.78, 5) is 34.5. The summed E-state index contributed by atoms with van der Waals surface area (Å²) in [5.41, 5.74) is 0.320. The smallest absolute Gasteiger partial charge is 0.328 e. The first-order valence-electron chi connectivity index (χ1n) is 6.82. The molecule has 1 aromatic rings. The SMILES string of the molecule is CCCCOc1ccc(Cl)cc1C=C1C(=O)NC(=O)NC1=O. The van der Waals surface area contributed by atoms with Gasteiger partial charge in [0.05, 0.1) is 6.61 Å². The fourth-order valence-corrected chi connectivity index (χ4v) is 2.03. The number of rotatable bonds is 5. The van der Waals surface area contributed by atoms with Crippen molar-refractivity contribution in [1.82, 2.24) is 10.6 Å². The Bertz CT molecular complexity index is 633. The van der Waals surface area contributed by atoms with Gasteiger partial charge < -0.3 is 4.74 Å². The average Bonchev–Trinajstić information content (AvgIpc) is 2.45. The van der Waals surface area contributed by atoms with E-state index in [0.29, 0.717) is 22.9 Å². The van der Waals surface area contributed by atoms with Gasteiger partial charge in [-0.05, 0) is 30.7 Å². The lowest BCUT2D eigenvalue weighted by Crippen LogP contribution is -2.51. The van der Waals surface area contributed by atoms with Crippen molar-refractivity contribution in [2.45, 2.75) is 19.8 Å². The van der Waals surface area contributed by atoms with Crippen LogP contribution in [0.1, 0.15) is 25.3 Å². The summed E-state index contributed by atoms with van der Waals surface area (Å²) in [5.74, 6) is -0.996. The molecule has 22 heavy (non-hydrogen) atoms. The first-order valence-corrected chi connectivity index (χ1v) is 7.19. The Hall–Kier alpha value is -2.34. The molecule has 1 aromatic carbocycles. The number of halogens is 1. The zero-order chi connectivity index (χ0) is 16.1. The van der Waals surface area contributed by atoms with Crippen LogP contribution in [0.2, 0.25) is 5.02 Å². The number of imide groups is 2. The number of benzene rings is 1. The molecule has 0 unspecified atom stereocenters. The van der Waals surface area contributed by atoms with Gasteiger partial charge in [-0.25, -0.2) is 4.79 Å². The lowest BCUT2D eigenvalue weighted by Gasteiger charge is -2.15. The number of amides is 4. The number of urea groups is 1. The molecular weight excluding hydrogens is 308 g/mol. The van der Waals surface area contributed by atoms with Crippen molar-refractivity contribution >= 4 is 35.5 Å². The summed E-state index contributed by atoms with van der Waals surface area (Å²) in [7, 11) is 0. The van der Waals surface area contributed by atoms with Crippen molar-refractivity contribution in [3.63, 3.8) is 0 Å². The molecule has 6 nitrogen and oxygen atoms in total. The summed E-state index contributed by atoms with van der Waals surface area (Å²) in [6.45, 7) is 2.56. The van der Waals surface area contributed by atoms with E-state index in [4.69, 9.17) is 16.3 Å². The summed E-state index contributed by atoms with van der Waals surface area (Å²) >= 11 is 5.95. The van der Waals surface area contributed by atoms with Gasteiger partial charge in [0.2, 0.25) is 0 Å².